The van der Waals surface area contributed by atoms with Crippen molar-refractivity contribution in [3.63, 3.8) is 0 Å². The Morgan fingerprint density at radius 1 is 1.71 bits per heavy atom. The van der Waals surface area contributed by atoms with Gasteiger partial charge in [0.05, 0.1) is 0 Å². The summed E-state index contributed by atoms with van der Waals surface area (Å²) in [5.74, 6) is 0. The summed E-state index contributed by atoms with van der Waals surface area (Å²) < 4.78 is 35.1. The van der Waals surface area contributed by atoms with Crippen LogP contribution in [0.25, 0.3) is 0 Å². The first-order chi connectivity index (χ1) is 2.81. The fraction of sp³-hybridized carbons (Fsp3) is 0. The standard InChI is InChI=1S/CH2FNO3S/c2-7(4,5,6)1-3/h(H2,4,5,6). The Morgan fingerprint density at radius 3 is 1.86 bits per heavy atom. The van der Waals surface area contributed by atoms with Crippen molar-refractivity contribution in [1.29, 1.82) is 5.26 Å². The Bertz CT molecular complexity index is 163. The van der Waals surface area contributed by atoms with E-state index in [-0.39, 0.29) is 5.40 Å². The Hall–Kier alpha value is -0.510. The monoisotopic (exact) mass is 127 g/mol. The molecule has 0 saturated carbocycles. The number of nitriles is 1. The van der Waals surface area contributed by atoms with E-state index in [0.29, 0.717) is 0 Å². The van der Waals surface area contributed by atoms with Crippen LogP contribution in [0.5, 0.6) is 0 Å². The van der Waals surface area contributed by atoms with Crippen molar-refractivity contribution in [2.75, 3.05) is 0 Å². The quantitative estimate of drug-likeness (QED) is 0.357. The fourth-order valence-electron chi connectivity index (χ4n) is 0. The van der Waals surface area contributed by atoms with Crippen LogP contribution in [0.3, 0.4) is 0 Å². The van der Waals surface area contributed by atoms with E-state index in [1.165, 1.54) is 0 Å². The average Bonchev–Trinajstić information content (AvgIpc) is 1.32. The molecule has 0 aromatic rings. The third-order valence-electron chi connectivity index (χ3n) is 0.153. The van der Waals surface area contributed by atoms with Gasteiger partial charge in [-0.15, -0.1) is 0 Å². The summed E-state index contributed by atoms with van der Waals surface area (Å²) in [6.07, 6.45) is 0. The van der Waals surface area contributed by atoms with Crippen molar-refractivity contribution in [1.82, 2.24) is 0 Å². The van der Waals surface area contributed by atoms with Crippen LogP contribution in [0.1, 0.15) is 0 Å². The van der Waals surface area contributed by atoms with Crippen molar-refractivity contribution < 1.29 is 17.2 Å². The van der Waals surface area contributed by atoms with Gasteiger partial charge < -0.3 is 0 Å². The molecule has 0 radical (unpaired) electrons. The maximum absolute atomic E-state index is 11.1. The van der Waals surface area contributed by atoms with Crippen LogP contribution >= 0.6 is 0 Å². The van der Waals surface area contributed by atoms with E-state index < -0.39 is 10.0 Å². The summed E-state index contributed by atoms with van der Waals surface area (Å²) in [6.45, 7) is 0. The zero-order valence-electron chi connectivity index (χ0n) is 3.04. The minimum atomic E-state index is -6.31. The Balaban J connectivity index is 4.58. The highest BCUT2D eigenvalue weighted by Crippen LogP contribution is 2.13. The second-order valence-corrected chi connectivity index (χ2v) is 2.60. The van der Waals surface area contributed by atoms with Gasteiger partial charge >= 0.3 is 10.0 Å². The summed E-state index contributed by atoms with van der Waals surface area (Å²) in [6, 6.07) is 0. The molecular weight excluding hydrogens is 125 g/mol. The summed E-state index contributed by atoms with van der Waals surface area (Å²) in [5, 5.41) is 7.45. The molecule has 0 atom stereocenters. The van der Waals surface area contributed by atoms with E-state index >= 15 is 0 Å². The van der Waals surface area contributed by atoms with Crippen molar-refractivity contribution in [2.24, 2.45) is 0 Å². The summed E-state index contributed by atoms with van der Waals surface area (Å²) in [7, 11) is -6.31. The molecule has 0 aliphatic carbocycles. The molecule has 0 aliphatic heterocycles. The highest BCUT2D eigenvalue weighted by Gasteiger charge is 2.26. The predicted molar refractivity (Wildman–Crippen MR) is 20.1 cm³/mol. The Kier molecular flexibility index (Phi) is 0.933. The zero-order valence-corrected chi connectivity index (χ0v) is 3.85. The molecule has 6 heteroatoms. The van der Waals surface area contributed by atoms with Gasteiger partial charge in [-0.25, -0.2) is 0 Å². The van der Waals surface area contributed by atoms with Gasteiger partial charge in [0.15, 0.2) is 0 Å². The molecule has 0 aromatic carbocycles. The molecule has 42 valence electrons. The number of halogens is 1. The lowest BCUT2D eigenvalue weighted by molar-refractivity contribution is 0.353. The first-order valence-electron chi connectivity index (χ1n) is 1.11. The van der Waals surface area contributed by atoms with E-state index in [0.717, 1.165) is 0 Å². The van der Waals surface area contributed by atoms with Gasteiger partial charge in [0.1, 0.15) is 0 Å². The molecule has 7 heavy (non-hydrogen) atoms. The van der Waals surface area contributed by atoms with E-state index in [4.69, 9.17) is 14.4 Å². The lowest BCUT2D eigenvalue weighted by Crippen LogP contribution is -2.19. The van der Waals surface area contributed by atoms with Gasteiger partial charge in [0.25, 0.3) is 0 Å². The van der Waals surface area contributed by atoms with Crippen molar-refractivity contribution in [3.05, 3.63) is 0 Å². The van der Waals surface area contributed by atoms with E-state index in [9.17, 15) is 8.09 Å². The molecule has 0 spiro atoms. The minimum Gasteiger partial charge on any atom is -0.274 e. The van der Waals surface area contributed by atoms with Crippen molar-refractivity contribution in [3.8, 4) is 5.40 Å². The second kappa shape index (κ2) is 1.01. The van der Waals surface area contributed by atoms with Crippen molar-refractivity contribution >= 4 is 10.0 Å². The molecule has 0 saturated heterocycles. The molecule has 0 unspecified atom stereocenters. The van der Waals surface area contributed by atoms with Crippen LogP contribution in [-0.2, 0) is 10.0 Å². The van der Waals surface area contributed by atoms with Crippen LogP contribution in [0, 0.1) is 10.7 Å². The second-order valence-electron chi connectivity index (χ2n) is 0.866. The highest BCUT2D eigenvalue weighted by atomic mass is 32.3. The molecule has 4 nitrogen and oxygen atoms in total. The van der Waals surface area contributed by atoms with Crippen LogP contribution in [0.2, 0.25) is 0 Å². The maximum Gasteiger partial charge on any atom is 0.312 e. The van der Waals surface area contributed by atoms with Crippen LogP contribution in [0.15, 0.2) is 0 Å². The first-order valence-corrected chi connectivity index (χ1v) is 2.89. The Morgan fingerprint density at radius 2 is 1.86 bits per heavy atom. The van der Waals surface area contributed by atoms with Crippen LogP contribution < -0.4 is 0 Å². The number of thiocyanates is 1. The molecule has 0 rings (SSSR count). The van der Waals surface area contributed by atoms with Gasteiger partial charge in [-0.1, -0.05) is 3.89 Å². The smallest absolute Gasteiger partial charge is 0.274 e. The first kappa shape index (κ1) is 6.49. The average molecular weight is 127 g/mol. The topological polar surface area (TPSA) is 81.3 Å². The normalized spacial score (nSPS) is 16.6. The fourth-order valence-corrected chi connectivity index (χ4v) is 0. The molecule has 0 bridgehead atoms. The number of hydrogen-bond acceptors (Lipinski definition) is 2. The molecule has 0 fully saturated rings. The third kappa shape index (κ3) is 5.49. The van der Waals surface area contributed by atoms with Gasteiger partial charge in [-0.2, -0.15) is 9.47 Å². The summed E-state index contributed by atoms with van der Waals surface area (Å²) in [5.41, 5.74) is 0. The largest absolute Gasteiger partial charge is 0.312 e. The van der Waals surface area contributed by atoms with Crippen molar-refractivity contribution in [2.45, 2.75) is 0 Å². The molecule has 0 aliphatic rings. The SMILES string of the molecule is N#CS(=O)(O)(O)F. The maximum atomic E-state index is 11.1. The summed E-state index contributed by atoms with van der Waals surface area (Å²) >= 11 is 0. The molecule has 0 heterocycles. The van der Waals surface area contributed by atoms with E-state index in [2.05, 4.69) is 0 Å². The van der Waals surface area contributed by atoms with E-state index in [1.54, 1.807) is 0 Å². The van der Waals surface area contributed by atoms with E-state index in [1.807, 2.05) is 0 Å². The van der Waals surface area contributed by atoms with Gasteiger partial charge in [0, 0.05) is 0 Å². The van der Waals surface area contributed by atoms with Gasteiger partial charge in [0.2, 0.25) is 5.40 Å². The van der Waals surface area contributed by atoms with Gasteiger partial charge in [-0.05, 0) is 0 Å². The molecule has 0 aromatic heterocycles. The molecule has 0 amide bonds. The lowest BCUT2D eigenvalue weighted by atomic mass is 11.8. The van der Waals surface area contributed by atoms with Gasteiger partial charge in [-0.3, -0.25) is 9.11 Å². The predicted octanol–water partition coefficient (Wildman–Crippen LogP) is 0.118. The van der Waals surface area contributed by atoms with Crippen LogP contribution in [-0.4, -0.2) is 13.3 Å². The number of hydrogen-bond donors (Lipinski definition) is 2. The van der Waals surface area contributed by atoms with Crippen LogP contribution in [0.4, 0.5) is 3.89 Å². The molecular formula is CH2FNO3S. The zero-order chi connectivity index (χ0) is 6.15. The molecule has 2 N–H and O–H groups in total. The summed E-state index contributed by atoms with van der Waals surface area (Å²) in [4.78, 5) is 0. The number of rotatable bonds is 0. The third-order valence-corrected chi connectivity index (χ3v) is 0.460. The lowest BCUT2D eigenvalue weighted by Gasteiger charge is -2.06. The highest BCUT2D eigenvalue weighted by molar-refractivity contribution is 8.09. The minimum absolute atomic E-state index is 0.178. The number of nitrogens with zero attached hydrogens (tertiary/aromatic N) is 1. The Labute approximate surface area is 38.9 Å².